The van der Waals surface area contributed by atoms with Crippen molar-refractivity contribution in [3.63, 3.8) is 0 Å². The van der Waals surface area contributed by atoms with Crippen LogP contribution in [0.4, 0.5) is 19.0 Å². The van der Waals surface area contributed by atoms with Crippen LogP contribution in [0.15, 0.2) is 36.4 Å². The lowest BCUT2D eigenvalue weighted by molar-refractivity contribution is -0.141. The largest absolute Gasteiger partial charge is 0.483 e. The quantitative estimate of drug-likeness (QED) is 0.615. The molecule has 0 spiro atoms. The van der Waals surface area contributed by atoms with E-state index < -0.39 is 24.0 Å². The second kappa shape index (κ2) is 10.6. The number of benzene rings is 1. The Hall–Kier alpha value is -3.32. The van der Waals surface area contributed by atoms with Crippen molar-refractivity contribution in [3.05, 3.63) is 53.2 Å². The highest BCUT2D eigenvalue weighted by atomic mass is 19.4. The number of fused-ring (bicyclic) bond motifs is 5. The molecule has 1 aliphatic carbocycles. The van der Waals surface area contributed by atoms with Crippen LogP contribution in [-0.4, -0.2) is 53.7 Å². The molecule has 37 heavy (non-hydrogen) atoms. The van der Waals surface area contributed by atoms with Gasteiger partial charge in [0.05, 0.1) is 30.4 Å². The molecule has 1 saturated carbocycles. The SMILES string of the molecule is N#Cc1ccc(C(F)(F)F)nc1N[C@H]1CCCN2C(=O)COc3ccccc3C3CCC(CC3)OC[C@@H]12. The highest BCUT2D eigenvalue weighted by Gasteiger charge is 2.38. The second-order valence-corrected chi connectivity index (χ2v) is 9.88. The third-order valence-corrected chi connectivity index (χ3v) is 7.61. The van der Waals surface area contributed by atoms with Crippen molar-refractivity contribution in [2.45, 2.75) is 68.8 Å². The smallest absolute Gasteiger partial charge is 0.433 e. The summed E-state index contributed by atoms with van der Waals surface area (Å²) < 4.78 is 52.3. The standard InChI is InChI=1S/C27H29F3N4O3/c28-27(29,30)24-12-9-18(14-31)26(33-24)32-21-5-3-13-34-22(21)15-36-19-10-7-17(8-11-19)20-4-1-2-6-23(20)37-16-25(34)35/h1-2,4,6,9,12,17,19,21-22H,3,5,7-8,10-11,13,15-16H2,(H,32,33)/t17?,19?,21-,22-/m0/s1. The zero-order valence-corrected chi connectivity index (χ0v) is 20.3. The molecule has 10 heteroatoms. The summed E-state index contributed by atoms with van der Waals surface area (Å²) in [6.45, 7) is 0.596. The fourth-order valence-electron chi connectivity index (χ4n) is 5.68. The Labute approximate surface area is 213 Å². The number of carbonyl (C=O) groups is 1. The molecule has 4 heterocycles. The van der Waals surface area contributed by atoms with Crippen molar-refractivity contribution in [2.75, 3.05) is 25.1 Å². The van der Waals surface area contributed by atoms with Gasteiger partial charge in [-0.3, -0.25) is 4.79 Å². The van der Waals surface area contributed by atoms with Crippen molar-refractivity contribution in [2.24, 2.45) is 0 Å². The summed E-state index contributed by atoms with van der Waals surface area (Å²) in [6.07, 6.45) is 0.312. The number of carbonyl (C=O) groups excluding carboxylic acids is 1. The Kier molecular flexibility index (Phi) is 7.24. The Bertz CT molecular complexity index is 1170. The van der Waals surface area contributed by atoms with Crippen LogP contribution in [0.2, 0.25) is 0 Å². The van der Waals surface area contributed by atoms with E-state index in [1.54, 1.807) is 4.90 Å². The summed E-state index contributed by atoms with van der Waals surface area (Å²) in [5.41, 5.74) is 0.0513. The molecule has 2 aromatic rings. The lowest BCUT2D eigenvalue weighted by atomic mass is 9.82. The maximum Gasteiger partial charge on any atom is 0.433 e. The van der Waals surface area contributed by atoms with E-state index in [1.807, 2.05) is 24.3 Å². The van der Waals surface area contributed by atoms with Crippen molar-refractivity contribution in [3.8, 4) is 11.8 Å². The zero-order chi connectivity index (χ0) is 26.0. The number of ether oxygens (including phenoxy) is 2. The van der Waals surface area contributed by atoms with Gasteiger partial charge in [0, 0.05) is 6.54 Å². The number of nitrogens with one attached hydrogen (secondary N) is 1. The molecule has 3 aliphatic heterocycles. The molecule has 0 unspecified atom stereocenters. The molecule has 2 atom stereocenters. The predicted octanol–water partition coefficient (Wildman–Crippen LogP) is 4.88. The first-order valence-electron chi connectivity index (χ1n) is 12.7. The third-order valence-electron chi connectivity index (χ3n) is 7.61. The number of alkyl halides is 3. The molecule has 196 valence electrons. The van der Waals surface area contributed by atoms with E-state index in [0.717, 1.165) is 49.1 Å². The monoisotopic (exact) mass is 514 g/mol. The summed E-state index contributed by atoms with van der Waals surface area (Å²) in [7, 11) is 0. The molecule has 6 rings (SSSR count). The van der Waals surface area contributed by atoms with Crippen LogP contribution >= 0.6 is 0 Å². The van der Waals surface area contributed by atoms with E-state index in [2.05, 4.69) is 16.4 Å². The number of nitriles is 1. The van der Waals surface area contributed by atoms with Gasteiger partial charge in [-0.25, -0.2) is 4.98 Å². The molecule has 1 amide bonds. The maximum atomic E-state index is 13.3. The summed E-state index contributed by atoms with van der Waals surface area (Å²) in [4.78, 5) is 18.8. The first-order chi connectivity index (χ1) is 17.8. The van der Waals surface area contributed by atoms with Crippen molar-refractivity contribution < 1.29 is 27.4 Å². The first-order valence-corrected chi connectivity index (χ1v) is 12.7. The maximum absolute atomic E-state index is 13.3. The van der Waals surface area contributed by atoms with Gasteiger partial charge in [0.2, 0.25) is 0 Å². The first kappa shape index (κ1) is 25.3. The highest BCUT2D eigenvalue weighted by Crippen LogP contribution is 2.39. The molecule has 4 aliphatic rings. The molecule has 2 fully saturated rings. The molecular weight excluding hydrogens is 485 g/mol. The Morgan fingerprint density at radius 2 is 1.86 bits per heavy atom. The summed E-state index contributed by atoms with van der Waals surface area (Å²) in [5.74, 6) is 0.721. The number of rotatable bonds is 2. The fourth-order valence-corrected chi connectivity index (χ4v) is 5.68. The molecule has 1 N–H and O–H groups in total. The van der Waals surface area contributed by atoms with Crippen LogP contribution < -0.4 is 10.1 Å². The van der Waals surface area contributed by atoms with Gasteiger partial charge in [0.25, 0.3) is 5.91 Å². The van der Waals surface area contributed by atoms with Gasteiger partial charge in [-0.1, -0.05) is 18.2 Å². The number of pyridine rings is 1. The lowest BCUT2D eigenvalue weighted by Gasteiger charge is -2.42. The van der Waals surface area contributed by atoms with Gasteiger partial charge in [-0.15, -0.1) is 0 Å². The number of hydrogen-bond donors (Lipinski definition) is 1. The molecule has 1 aromatic heterocycles. The average Bonchev–Trinajstić information content (AvgIpc) is 2.92. The third kappa shape index (κ3) is 5.52. The van der Waals surface area contributed by atoms with E-state index in [9.17, 15) is 23.2 Å². The average molecular weight is 515 g/mol. The normalized spacial score (nSPS) is 26.4. The minimum atomic E-state index is -4.64. The van der Waals surface area contributed by atoms with Crippen LogP contribution in [0.5, 0.6) is 5.75 Å². The molecule has 2 bridgehead atoms. The van der Waals surface area contributed by atoms with E-state index in [0.29, 0.717) is 25.3 Å². The van der Waals surface area contributed by atoms with Gasteiger partial charge in [0.1, 0.15) is 23.3 Å². The van der Waals surface area contributed by atoms with Crippen LogP contribution in [0.25, 0.3) is 0 Å². The summed E-state index contributed by atoms with van der Waals surface area (Å²) in [6, 6.07) is 10.8. The minimum absolute atomic E-state index is 0.0141. The van der Waals surface area contributed by atoms with Gasteiger partial charge < -0.3 is 19.7 Å². The Balaban J connectivity index is 1.43. The summed E-state index contributed by atoms with van der Waals surface area (Å²) in [5, 5.41) is 12.6. The van der Waals surface area contributed by atoms with Gasteiger partial charge >= 0.3 is 6.18 Å². The van der Waals surface area contributed by atoms with Crippen molar-refractivity contribution in [1.29, 1.82) is 5.26 Å². The number of amides is 1. The number of para-hydroxylation sites is 1. The molecule has 7 nitrogen and oxygen atoms in total. The van der Waals surface area contributed by atoms with E-state index >= 15 is 0 Å². The van der Waals surface area contributed by atoms with E-state index in [4.69, 9.17) is 9.47 Å². The molecule has 1 saturated heterocycles. The lowest BCUT2D eigenvalue weighted by Crippen LogP contribution is -2.57. The number of halogens is 3. The number of hydrogen-bond acceptors (Lipinski definition) is 6. The van der Waals surface area contributed by atoms with Crippen LogP contribution in [0, 0.1) is 11.3 Å². The highest BCUT2D eigenvalue weighted by molar-refractivity contribution is 5.78. The zero-order valence-electron chi connectivity index (χ0n) is 20.3. The van der Waals surface area contributed by atoms with Gasteiger partial charge in [0.15, 0.2) is 6.61 Å². The number of nitrogens with zero attached hydrogens (tertiary/aromatic N) is 3. The number of aromatic nitrogens is 1. The predicted molar refractivity (Wildman–Crippen MR) is 129 cm³/mol. The van der Waals surface area contributed by atoms with Crippen LogP contribution in [0.3, 0.4) is 0 Å². The fraction of sp³-hybridized carbons (Fsp3) is 0.519. The molecule has 0 radical (unpaired) electrons. The van der Waals surface area contributed by atoms with Crippen molar-refractivity contribution in [1.82, 2.24) is 9.88 Å². The number of piperidine rings is 1. The van der Waals surface area contributed by atoms with E-state index in [-0.39, 0.29) is 36.6 Å². The second-order valence-electron chi connectivity index (χ2n) is 9.88. The minimum Gasteiger partial charge on any atom is -0.483 e. The Morgan fingerprint density at radius 3 is 2.62 bits per heavy atom. The van der Waals surface area contributed by atoms with Crippen LogP contribution in [0.1, 0.15) is 61.3 Å². The topological polar surface area (TPSA) is 87.5 Å². The van der Waals surface area contributed by atoms with Gasteiger partial charge in [-0.05, 0) is 68.2 Å². The molecule has 1 aromatic carbocycles. The molecular formula is C27H29F3N4O3. The van der Waals surface area contributed by atoms with Gasteiger partial charge in [-0.2, -0.15) is 18.4 Å². The van der Waals surface area contributed by atoms with Crippen molar-refractivity contribution >= 4 is 11.7 Å². The Morgan fingerprint density at radius 1 is 1.08 bits per heavy atom. The summed E-state index contributed by atoms with van der Waals surface area (Å²) >= 11 is 0. The van der Waals surface area contributed by atoms with E-state index in [1.165, 1.54) is 0 Å². The van der Waals surface area contributed by atoms with Crippen LogP contribution in [-0.2, 0) is 15.7 Å². The number of anilines is 1.